The number of hydrogen-bond acceptors (Lipinski definition) is 5. The minimum atomic E-state index is -0.258. The molecular weight excluding hydrogens is 379 g/mol. The number of nitrogens with zero attached hydrogens (tertiary/aromatic N) is 4. The van der Waals surface area contributed by atoms with E-state index in [2.05, 4.69) is 20.6 Å². The summed E-state index contributed by atoms with van der Waals surface area (Å²) in [6.45, 7) is 0.461. The van der Waals surface area contributed by atoms with Crippen LogP contribution in [0.5, 0.6) is 0 Å². The average molecular weight is 397 g/mol. The third-order valence-corrected chi connectivity index (χ3v) is 4.73. The summed E-state index contributed by atoms with van der Waals surface area (Å²) in [5, 5.41) is 6.64. The lowest BCUT2D eigenvalue weighted by atomic mass is 10.1. The van der Waals surface area contributed by atoms with Gasteiger partial charge < -0.3 is 15.2 Å². The largest absolute Gasteiger partial charge is 0.388 e. The Morgan fingerprint density at radius 1 is 1.14 bits per heavy atom. The lowest BCUT2D eigenvalue weighted by Gasteiger charge is -2.09. The molecule has 0 unspecified atom stereocenters. The summed E-state index contributed by atoms with van der Waals surface area (Å²) in [6, 6.07) is 12.3. The summed E-state index contributed by atoms with van der Waals surface area (Å²) in [6.07, 6.45) is 1.62. The number of hydrogen-bond donors (Lipinski definition) is 2. The van der Waals surface area contributed by atoms with Crippen molar-refractivity contribution in [2.24, 2.45) is 7.05 Å². The second kappa shape index (κ2) is 7.44. The van der Waals surface area contributed by atoms with Crippen LogP contribution in [-0.4, -0.2) is 26.6 Å². The van der Waals surface area contributed by atoms with Crippen molar-refractivity contribution in [1.82, 2.24) is 19.5 Å². The molecule has 4 aromatic rings. The summed E-state index contributed by atoms with van der Waals surface area (Å²) >= 11 is 6.00. The Morgan fingerprint density at radius 3 is 2.75 bits per heavy atom. The predicted octanol–water partition coefficient (Wildman–Crippen LogP) is 4.48. The Kier molecular flexibility index (Phi) is 4.83. The molecule has 0 spiro atoms. The van der Waals surface area contributed by atoms with Gasteiger partial charge in [0.05, 0.1) is 16.8 Å². The summed E-state index contributed by atoms with van der Waals surface area (Å²) in [4.78, 5) is 13.1. The van der Waals surface area contributed by atoms with Crippen molar-refractivity contribution in [2.45, 2.75) is 6.54 Å². The highest BCUT2D eigenvalue weighted by Crippen LogP contribution is 2.35. The molecule has 0 amide bonds. The molecule has 2 N–H and O–H groups in total. The Hall–Kier alpha value is -3.19. The van der Waals surface area contributed by atoms with Crippen LogP contribution >= 0.6 is 11.6 Å². The Morgan fingerprint density at radius 2 is 2.00 bits per heavy atom. The second-order valence-corrected chi connectivity index (χ2v) is 6.63. The van der Waals surface area contributed by atoms with Crippen molar-refractivity contribution in [3.8, 4) is 11.3 Å². The van der Waals surface area contributed by atoms with E-state index in [0.717, 1.165) is 27.8 Å². The minimum absolute atomic E-state index is 0.178. The first-order chi connectivity index (χ1) is 13.6. The molecule has 4 rings (SSSR count). The van der Waals surface area contributed by atoms with Crippen molar-refractivity contribution < 1.29 is 4.39 Å². The molecule has 2 aromatic heterocycles. The van der Waals surface area contributed by atoms with E-state index in [-0.39, 0.29) is 11.1 Å². The molecular formula is C20H18ClFN6. The molecule has 0 atom stereocenters. The first-order valence-electron chi connectivity index (χ1n) is 8.71. The van der Waals surface area contributed by atoms with Gasteiger partial charge >= 0.3 is 0 Å². The monoisotopic (exact) mass is 396 g/mol. The molecule has 0 bridgehead atoms. The topological polar surface area (TPSA) is 67.7 Å². The zero-order valence-corrected chi connectivity index (χ0v) is 16.1. The number of nitrogens with one attached hydrogen (secondary N) is 2. The van der Waals surface area contributed by atoms with Crippen LogP contribution in [0.2, 0.25) is 5.28 Å². The van der Waals surface area contributed by atoms with E-state index in [1.54, 1.807) is 18.3 Å². The fourth-order valence-electron chi connectivity index (χ4n) is 3.19. The Bertz CT molecular complexity index is 1160. The van der Waals surface area contributed by atoms with E-state index in [0.29, 0.717) is 18.2 Å². The molecule has 0 saturated heterocycles. The molecule has 0 aliphatic rings. The lowest BCUT2D eigenvalue weighted by molar-refractivity contribution is 0.626. The van der Waals surface area contributed by atoms with Crippen molar-refractivity contribution >= 4 is 34.3 Å². The molecule has 142 valence electrons. The highest BCUT2D eigenvalue weighted by atomic mass is 35.5. The zero-order chi connectivity index (χ0) is 19.7. The van der Waals surface area contributed by atoms with Gasteiger partial charge in [0.25, 0.3) is 0 Å². The SMILES string of the molecule is CNc1ccc2c(nc(NCc3cccc(F)c3)n2C)c1-c1ccnc(Cl)n1. The van der Waals surface area contributed by atoms with Crippen LogP contribution in [0.15, 0.2) is 48.7 Å². The van der Waals surface area contributed by atoms with Crippen LogP contribution in [0.25, 0.3) is 22.3 Å². The van der Waals surface area contributed by atoms with Gasteiger partial charge in [0.1, 0.15) is 11.3 Å². The van der Waals surface area contributed by atoms with Crippen LogP contribution in [0, 0.1) is 5.82 Å². The number of imidazole rings is 1. The highest BCUT2D eigenvalue weighted by molar-refractivity contribution is 6.28. The fourth-order valence-corrected chi connectivity index (χ4v) is 3.33. The van der Waals surface area contributed by atoms with Gasteiger partial charge in [-0.15, -0.1) is 0 Å². The van der Waals surface area contributed by atoms with Crippen LogP contribution < -0.4 is 10.6 Å². The number of anilines is 2. The maximum Gasteiger partial charge on any atom is 0.222 e. The van der Waals surface area contributed by atoms with E-state index in [4.69, 9.17) is 16.6 Å². The maximum absolute atomic E-state index is 13.4. The summed E-state index contributed by atoms with van der Waals surface area (Å²) in [5.41, 5.74) is 4.97. The van der Waals surface area contributed by atoms with Crippen molar-refractivity contribution in [3.63, 3.8) is 0 Å². The molecule has 6 nitrogen and oxygen atoms in total. The second-order valence-electron chi connectivity index (χ2n) is 6.29. The fraction of sp³-hybridized carbons (Fsp3) is 0.150. The molecule has 2 aromatic carbocycles. The third-order valence-electron chi connectivity index (χ3n) is 4.54. The molecule has 2 heterocycles. The number of fused-ring (bicyclic) bond motifs is 1. The Balaban J connectivity index is 1.78. The number of benzene rings is 2. The van der Waals surface area contributed by atoms with Gasteiger partial charge in [-0.05, 0) is 47.5 Å². The Labute approximate surface area is 166 Å². The molecule has 0 fully saturated rings. The smallest absolute Gasteiger partial charge is 0.222 e. The number of rotatable bonds is 5. The minimum Gasteiger partial charge on any atom is -0.388 e. The number of halogens is 2. The van der Waals surface area contributed by atoms with Crippen LogP contribution in [0.1, 0.15) is 5.56 Å². The summed E-state index contributed by atoms with van der Waals surface area (Å²) < 4.78 is 15.4. The first kappa shape index (κ1) is 18.2. The normalized spacial score (nSPS) is 11.0. The third kappa shape index (κ3) is 3.36. The van der Waals surface area contributed by atoms with Crippen LogP contribution in [0.4, 0.5) is 16.0 Å². The van der Waals surface area contributed by atoms with Gasteiger partial charge in [0.15, 0.2) is 0 Å². The zero-order valence-electron chi connectivity index (χ0n) is 15.4. The van der Waals surface area contributed by atoms with E-state index in [1.165, 1.54) is 12.1 Å². The van der Waals surface area contributed by atoms with Crippen molar-refractivity contribution in [1.29, 1.82) is 0 Å². The van der Waals surface area contributed by atoms with E-state index in [1.807, 2.05) is 36.9 Å². The van der Waals surface area contributed by atoms with Crippen molar-refractivity contribution in [3.05, 3.63) is 65.3 Å². The molecule has 28 heavy (non-hydrogen) atoms. The van der Waals surface area contributed by atoms with Gasteiger partial charge in [0, 0.05) is 32.5 Å². The van der Waals surface area contributed by atoms with E-state index in [9.17, 15) is 4.39 Å². The summed E-state index contributed by atoms with van der Waals surface area (Å²) in [5.74, 6) is 0.416. The molecule has 0 saturated carbocycles. The van der Waals surface area contributed by atoms with Crippen molar-refractivity contribution in [2.75, 3.05) is 17.7 Å². The quantitative estimate of drug-likeness (QED) is 0.487. The lowest BCUT2D eigenvalue weighted by Crippen LogP contribution is -2.05. The van der Waals surface area contributed by atoms with Gasteiger partial charge in [-0.3, -0.25) is 0 Å². The molecule has 8 heteroatoms. The van der Waals surface area contributed by atoms with E-state index >= 15 is 0 Å². The molecule has 0 radical (unpaired) electrons. The van der Waals surface area contributed by atoms with Crippen LogP contribution in [-0.2, 0) is 13.6 Å². The molecule has 0 aliphatic carbocycles. The van der Waals surface area contributed by atoms with Gasteiger partial charge in [-0.2, -0.15) is 0 Å². The van der Waals surface area contributed by atoms with Gasteiger partial charge in [0.2, 0.25) is 11.2 Å². The van der Waals surface area contributed by atoms with Gasteiger partial charge in [-0.25, -0.2) is 19.3 Å². The van der Waals surface area contributed by atoms with E-state index < -0.39 is 0 Å². The maximum atomic E-state index is 13.4. The average Bonchev–Trinajstić information content (AvgIpc) is 3.01. The summed E-state index contributed by atoms with van der Waals surface area (Å²) in [7, 11) is 3.78. The first-order valence-corrected chi connectivity index (χ1v) is 9.09. The number of aromatic nitrogens is 4. The van der Waals surface area contributed by atoms with Crippen LogP contribution in [0.3, 0.4) is 0 Å². The highest BCUT2D eigenvalue weighted by Gasteiger charge is 2.17. The number of aryl methyl sites for hydroxylation is 1. The standard InChI is InChI=1S/C20H18ClFN6/c1-23-14-6-7-16-18(17(14)15-8-9-24-19(21)26-15)27-20(28(16)2)25-11-12-4-3-5-13(22)10-12/h3-10,23H,11H2,1-2H3,(H,25,27). The predicted molar refractivity (Wildman–Crippen MR) is 110 cm³/mol. The van der Waals surface area contributed by atoms with Gasteiger partial charge in [-0.1, -0.05) is 12.1 Å². The molecule has 0 aliphatic heterocycles.